The summed E-state index contributed by atoms with van der Waals surface area (Å²) in [7, 11) is -3.90. The zero-order chi connectivity index (χ0) is 22.6. The van der Waals surface area contributed by atoms with Crippen molar-refractivity contribution in [3.8, 4) is 11.4 Å². The van der Waals surface area contributed by atoms with Crippen LogP contribution in [0.15, 0.2) is 43.0 Å². The molecule has 3 N–H and O–H groups in total. The molecular weight excluding hydrogens is 422 g/mol. The minimum atomic E-state index is -3.90. The van der Waals surface area contributed by atoms with E-state index in [1.807, 2.05) is 35.0 Å². The molecule has 1 aliphatic rings. The Labute approximate surface area is 182 Å². The topological polar surface area (TPSA) is 126 Å². The van der Waals surface area contributed by atoms with Gasteiger partial charge in [-0.2, -0.15) is 17.4 Å². The summed E-state index contributed by atoms with van der Waals surface area (Å²) in [6, 6.07) is 6.51. The number of hydroxylamine groups is 1. The number of rotatable bonds is 7. The number of nitrogens with zero attached hydrogens (tertiary/aromatic N) is 3. The number of imidazole rings is 1. The van der Waals surface area contributed by atoms with Gasteiger partial charge >= 0.3 is 0 Å². The monoisotopic (exact) mass is 451 g/mol. The van der Waals surface area contributed by atoms with Crippen LogP contribution in [0.1, 0.15) is 33.6 Å². The van der Waals surface area contributed by atoms with Crippen molar-refractivity contribution in [3.63, 3.8) is 0 Å². The molecule has 1 aromatic carbocycles. The molecule has 2 heterocycles. The van der Waals surface area contributed by atoms with Gasteiger partial charge in [0.15, 0.2) is 0 Å². The van der Waals surface area contributed by atoms with Gasteiger partial charge in [0, 0.05) is 31.2 Å². The van der Waals surface area contributed by atoms with Crippen LogP contribution in [-0.4, -0.2) is 58.6 Å². The summed E-state index contributed by atoms with van der Waals surface area (Å²) < 4.78 is 37.2. The van der Waals surface area contributed by atoms with Crippen LogP contribution in [0.4, 0.5) is 0 Å². The molecule has 1 amide bonds. The van der Waals surface area contributed by atoms with Crippen molar-refractivity contribution in [1.29, 1.82) is 0 Å². The number of aromatic nitrogens is 2. The second kappa shape index (κ2) is 9.35. The zero-order valence-electron chi connectivity index (χ0n) is 17.9. The van der Waals surface area contributed by atoms with Crippen LogP contribution < -0.4 is 14.9 Å². The molecule has 0 aliphatic carbocycles. The molecule has 0 bridgehead atoms. The molecule has 3 rings (SSSR count). The van der Waals surface area contributed by atoms with Crippen LogP contribution in [0.25, 0.3) is 5.69 Å². The number of amides is 1. The summed E-state index contributed by atoms with van der Waals surface area (Å²) in [5.41, 5.74) is 1.79. The molecule has 31 heavy (non-hydrogen) atoms. The molecule has 2 aromatic rings. The Hall–Kier alpha value is -2.47. The van der Waals surface area contributed by atoms with Crippen molar-refractivity contribution in [2.45, 2.75) is 45.8 Å². The van der Waals surface area contributed by atoms with E-state index in [-0.39, 0.29) is 19.2 Å². The first-order chi connectivity index (χ1) is 14.6. The van der Waals surface area contributed by atoms with E-state index < -0.39 is 27.6 Å². The van der Waals surface area contributed by atoms with Gasteiger partial charge in [-0.05, 0) is 42.5 Å². The number of benzene rings is 1. The fraction of sp³-hybridized carbons (Fsp3) is 0.500. The number of piperidine rings is 1. The molecule has 1 saturated heterocycles. The van der Waals surface area contributed by atoms with Gasteiger partial charge in [-0.15, -0.1) is 0 Å². The fourth-order valence-electron chi connectivity index (χ4n) is 3.40. The lowest BCUT2D eigenvalue weighted by Gasteiger charge is -2.35. The van der Waals surface area contributed by atoms with Gasteiger partial charge in [0.1, 0.15) is 17.9 Å². The van der Waals surface area contributed by atoms with E-state index in [9.17, 15) is 13.2 Å². The Morgan fingerprint density at radius 3 is 2.39 bits per heavy atom. The van der Waals surface area contributed by atoms with Gasteiger partial charge in [-0.25, -0.2) is 10.5 Å². The first-order valence-electron chi connectivity index (χ1n) is 10.1. The van der Waals surface area contributed by atoms with E-state index in [1.165, 1.54) is 9.79 Å². The highest BCUT2D eigenvalue weighted by Crippen LogP contribution is 2.24. The average molecular weight is 452 g/mol. The molecule has 1 aliphatic heterocycles. The number of ether oxygens (including phenoxy) is 1. The third kappa shape index (κ3) is 5.82. The summed E-state index contributed by atoms with van der Waals surface area (Å²) in [6.07, 6.45) is 6.22. The number of hydrogen-bond acceptors (Lipinski definition) is 6. The lowest BCUT2D eigenvalue weighted by atomic mass is 9.87. The molecule has 1 unspecified atom stereocenters. The molecule has 0 saturated carbocycles. The normalized spacial score (nSPS) is 17.3. The van der Waals surface area contributed by atoms with E-state index in [0.717, 1.165) is 11.4 Å². The van der Waals surface area contributed by atoms with Gasteiger partial charge < -0.3 is 9.30 Å². The molecule has 0 spiro atoms. The Bertz CT molecular complexity index is 962. The first kappa shape index (κ1) is 23.2. The quantitative estimate of drug-likeness (QED) is 0.432. The van der Waals surface area contributed by atoms with Crippen molar-refractivity contribution in [2.75, 3.05) is 13.1 Å². The Balaban J connectivity index is 1.56. The van der Waals surface area contributed by atoms with Crippen LogP contribution in [0.2, 0.25) is 0 Å². The average Bonchev–Trinajstić information content (AvgIpc) is 3.26. The second-order valence-corrected chi connectivity index (χ2v) is 10.3. The number of hydrogen-bond donors (Lipinski definition) is 3. The summed E-state index contributed by atoms with van der Waals surface area (Å²) in [6.45, 7) is 5.68. The van der Waals surface area contributed by atoms with Crippen molar-refractivity contribution in [3.05, 3.63) is 43.0 Å². The maximum absolute atomic E-state index is 12.8. The smallest absolute Gasteiger partial charge is 0.280 e. The molecule has 10 nitrogen and oxygen atoms in total. The molecular formula is C20H29N5O5S. The number of carbonyl (C=O) groups is 1. The van der Waals surface area contributed by atoms with Crippen LogP contribution in [-0.2, 0) is 15.0 Å². The second-order valence-electron chi connectivity index (χ2n) is 8.58. The Morgan fingerprint density at radius 2 is 1.87 bits per heavy atom. The summed E-state index contributed by atoms with van der Waals surface area (Å²) in [5.74, 6) is -0.0795. The first-order valence-corrected chi connectivity index (χ1v) is 11.5. The van der Waals surface area contributed by atoms with Crippen molar-refractivity contribution >= 4 is 16.1 Å². The highest BCUT2D eigenvalue weighted by Gasteiger charge is 2.38. The predicted octanol–water partition coefficient (Wildman–Crippen LogP) is 1.47. The van der Waals surface area contributed by atoms with E-state index in [1.54, 1.807) is 33.3 Å². The number of nitrogens with one attached hydrogen (secondary N) is 2. The van der Waals surface area contributed by atoms with Gasteiger partial charge in [0.25, 0.3) is 16.1 Å². The minimum Gasteiger partial charge on any atom is -0.490 e. The SMILES string of the molecule is CC(C)(C)C(NS(=O)(=O)N1CCC(Oc2ccc(-n3ccnc3)cc2)CC1)C(=O)NO. The van der Waals surface area contributed by atoms with E-state index in [4.69, 9.17) is 9.94 Å². The molecule has 1 atom stereocenters. The van der Waals surface area contributed by atoms with E-state index in [0.29, 0.717) is 12.8 Å². The standard InChI is InChI=1S/C20H29N5O5S/c1-20(2,3)18(19(26)22-27)23-31(28,29)25-11-8-17(9-12-25)30-16-6-4-15(5-7-16)24-13-10-21-14-24/h4-7,10,13-14,17-18,23,27H,8-9,11-12H2,1-3H3,(H,22,26). The van der Waals surface area contributed by atoms with Gasteiger partial charge in [-0.3, -0.25) is 10.0 Å². The third-order valence-electron chi connectivity index (χ3n) is 5.19. The lowest BCUT2D eigenvalue weighted by molar-refractivity contribution is -0.133. The van der Waals surface area contributed by atoms with Crippen LogP contribution in [0, 0.1) is 5.41 Å². The van der Waals surface area contributed by atoms with Crippen LogP contribution in [0.5, 0.6) is 5.75 Å². The van der Waals surface area contributed by atoms with E-state index in [2.05, 4.69) is 9.71 Å². The lowest BCUT2D eigenvalue weighted by Crippen LogP contribution is -2.57. The maximum atomic E-state index is 12.8. The molecule has 1 aromatic heterocycles. The van der Waals surface area contributed by atoms with Crippen LogP contribution >= 0.6 is 0 Å². The van der Waals surface area contributed by atoms with Crippen LogP contribution in [0.3, 0.4) is 0 Å². The molecule has 1 fully saturated rings. The predicted molar refractivity (Wildman–Crippen MR) is 114 cm³/mol. The Morgan fingerprint density at radius 1 is 1.23 bits per heavy atom. The largest absolute Gasteiger partial charge is 0.490 e. The van der Waals surface area contributed by atoms with Gasteiger partial charge in [-0.1, -0.05) is 20.8 Å². The summed E-state index contributed by atoms with van der Waals surface area (Å²) in [4.78, 5) is 16.0. The fourth-order valence-corrected chi connectivity index (χ4v) is 5.00. The molecule has 11 heteroatoms. The Kier molecular flexibility index (Phi) is 6.99. The minimum absolute atomic E-state index is 0.107. The number of carbonyl (C=O) groups excluding carboxylic acids is 1. The van der Waals surface area contributed by atoms with Crippen molar-refractivity contribution in [1.82, 2.24) is 24.1 Å². The van der Waals surface area contributed by atoms with Crippen molar-refractivity contribution < 1.29 is 23.2 Å². The third-order valence-corrected chi connectivity index (χ3v) is 6.77. The van der Waals surface area contributed by atoms with Crippen molar-refractivity contribution in [2.24, 2.45) is 5.41 Å². The zero-order valence-corrected chi connectivity index (χ0v) is 18.7. The summed E-state index contributed by atoms with van der Waals surface area (Å²) in [5, 5.41) is 8.95. The highest BCUT2D eigenvalue weighted by molar-refractivity contribution is 7.87. The highest BCUT2D eigenvalue weighted by atomic mass is 32.2. The maximum Gasteiger partial charge on any atom is 0.280 e. The molecule has 0 radical (unpaired) electrons. The van der Waals surface area contributed by atoms with Gasteiger partial charge in [0.2, 0.25) is 0 Å². The van der Waals surface area contributed by atoms with E-state index >= 15 is 0 Å². The molecule has 170 valence electrons. The van der Waals surface area contributed by atoms with Gasteiger partial charge in [0.05, 0.1) is 6.33 Å². The summed E-state index contributed by atoms with van der Waals surface area (Å²) >= 11 is 0.